The fourth-order valence-electron chi connectivity index (χ4n) is 2.66. The zero-order chi connectivity index (χ0) is 20.4. The number of nitrogens with one attached hydrogen (secondary N) is 1. The molecule has 8 heteroatoms. The highest BCUT2D eigenvalue weighted by molar-refractivity contribution is 9.10. The van der Waals surface area contributed by atoms with Gasteiger partial charge in [-0.3, -0.25) is 0 Å². The summed E-state index contributed by atoms with van der Waals surface area (Å²) in [6, 6.07) is 22.3. The van der Waals surface area contributed by atoms with Gasteiger partial charge in [0.15, 0.2) is 0 Å². The Morgan fingerprint density at radius 2 is 1.55 bits per heavy atom. The number of benzene rings is 3. The molecule has 4 rings (SSSR count). The highest BCUT2D eigenvalue weighted by atomic mass is 79.9. The van der Waals surface area contributed by atoms with E-state index >= 15 is 0 Å². The van der Waals surface area contributed by atoms with E-state index < -0.39 is 9.84 Å². The third-order valence-electron chi connectivity index (χ3n) is 4.10. The molecule has 1 aromatic heterocycles. The molecule has 1 N–H and O–H groups in total. The van der Waals surface area contributed by atoms with Gasteiger partial charge in [-0.05, 0) is 60.7 Å². The Kier molecular flexibility index (Phi) is 5.45. The first-order valence-electron chi connectivity index (χ1n) is 8.53. The normalized spacial score (nSPS) is 11.4. The minimum absolute atomic E-state index is 0.0454. The summed E-state index contributed by atoms with van der Waals surface area (Å²) in [6.45, 7) is 0. The molecular formula is C21H14BrClN2O3S. The summed E-state index contributed by atoms with van der Waals surface area (Å²) in [6.07, 6.45) is 0. The van der Waals surface area contributed by atoms with Crippen LogP contribution >= 0.6 is 27.5 Å². The van der Waals surface area contributed by atoms with Crippen molar-refractivity contribution in [2.24, 2.45) is 0 Å². The number of rotatable bonds is 5. The van der Waals surface area contributed by atoms with E-state index in [9.17, 15) is 8.42 Å². The molecule has 0 unspecified atom stereocenters. The van der Waals surface area contributed by atoms with E-state index in [4.69, 9.17) is 16.0 Å². The molecule has 3 aromatic carbocycles. The van der Waals surface area contributed by atoms with Crippen molar-refractivity contribution in [1.29, 1.82) is 0 Å². The van der Waals surface area contributed by atoms with Crippen LogP contribution in [0.15, 0.2) is 97.7 Å². The highest BCUT2D eigenvalue weighted by Gasteiger charge is 2.28. The Bertz CT molecular complexity index is 1240. The number of para-hydroxylation sites is 1. The fourth-order valence-corrected chi connectivity index (χ4v) is 4.31. The van der Waals surface area contributed by atoms with E-state index in [1.165, 1.54) is 24.3 Å². The van der Waals surface area contributed by atoms with E-state index in [2.05, 4.69) is 26.2 Å². The largest absolute Gasteiger partial charge is 0.419 e. The number of hydrogen-bond acceptors (Lipinski definition) is 5. The number of halogens is 2. The van der Waals surface area contributed by atoms with Gasteiger partial charge < -0.3 is 9.73 Å². The molecule has 0 aliphatic rings. The van der Waals surface area contributed by atoms with Crippen LogP contribution in [0, 0.1) is 0 Å². The predicted molar refractivity (Wildman–Crippen MR) is 116 cm³/mol. The van der Waals surface area contributed by atoms with Gasteiger partial charge in [0.2, 0.25) is 26.6 Å². The zero-order valence-corrected chi connectivity index (χ0v) is 18.0. The van der Waals surface area contributed by atoms with Gasteiger partial charge in [0.25, 0.3) is 0 Å². The Hall–Kier alpha value is -2.61. The van der Waals surface area contributed by atoms with Crippen molar-refractivity contribution in [2.45, 2.75) is 9.92 Å². The highest BCUT2D eigenvalue weighted by Crippen LogP contribution is 2.34. The maximum absolute atomic E-state index is 13.2. The molecular weight excluding hydrogens is 476 g/mol. The molecule has 0 atom stereocenters. The van der Waals surface area contributed by atoms with E-state index in [1.54, 1.807) is 24.3 Å². The fraction of sp³-hybridized carbons (Fsp3) is 0. The van der Waals surface area contributed by atoms with Crippen molar-refractivity contribution in [2.75, 3.05) is 5.32 Å². The van der Waals surface area contributed by atoms with Gasteiger partial charge in [-0.25, -0.2) is 8.42 Å². The second kappa shape index (κ2) is 8.02. The Balaban J connectivity index is 1.84. The zero-order valence-electron chi connectivity index (χ0n) is 14.8. The maximum Gasteiger partial charge on any atom is 0.238 e. The second-order valence-electron chi connectivity index (χ2n) is 6.11. The summed E-state index contributed by atoms with van der Waals surface area (Å²) in [4.78, 5) is 4.39. The van der Waals surface area contributed by atoms with Crippen molar-refractivity contribution >= 4 is 48.9 Å². The number of sulfone groups is 1. The summed E-state index contributed by atoms with van der Waals surface area (Å²) in [5, 5.41) is 3.27. The smallest absolute Gasteiger partial charge is 0.238 e. The Morgan fingerprint density at radius 3 is 2.21 bits per heavy atom. The lowest BCUT2D eigenvalue weighted by Gasteiger charge is -2.06. The first-order valence-corrected chi connectivity index (χ1v) is 11.2. The topological polar surface area (TPSA) is 72.2 Å². The number of oxazole rings is 1. The number of hydrogen-bond donors (Lipinski definition) is 1. The minimum atomic E-state index is -3.94. The van der Waals surface area contributed by atoms with E-state index in [1.807, 2.05) is 30.3 Å². The first-order chi connectivity index (χ1) is 13.9. The van der Waals surface area contributed by atoms with Crippen LogP contribution in [0.1, 0.15) is 0 Å². The second-order valence-corrected chi connectivity index (χ2v) is 9.33. The molecule has 29 heavy (non-hydrogen) atoms. The summed E-state index contributed by atoms with van der Waals surface area (Å²) in [5.41, 5.74) is 1.33. The van der Waals surface area contributed by atoms with Gasteiger partial charge in [0, 0.05) is 20.7 Å². The third kappa shape index (κ3) is 4.22. The van der Waals surface area contributed by atoms with E-state index in [-0.39, 0.29) is 21.7 Å². The van der Waals surface area contributed by atoms with Crippen LogP contribution in [0.2, 0.25) is 5.02 Å². The molecule has 0 aliphatic carbocycles. The Labute approximate surface area is 181 Å². The lowest BCUT2D eigenvalue weighted by molar-refractivity contribution is 0.582. The molecule has 5 nitrogen and oxygen atoms in total. The number of nitrogens with zero attached hydrogens (tertiary/aromatic N) is 1. The molecule has 1 heterocycles. The Morgan fingerprint density at radius 1 is 0.897 bits per heavy atom. The molecule has 0 fully saturated rings. The quantitative estimate of drug-likeness (QED) is 0.354. The standard InChI is InChI=1S/C21H14BrClN2O3S/c22-15-8-6-14(7-9-15)19-25-21(20(28-19)24-17-4-2-1-3-5-17)29(26,27)18-12-10-16(23)11-13-18/h1-13,24H. The average Bonchev–Trinajstić information content (AvgIpc) is 3.14. The van der Waals surface area contributed by atoms with Gasteiger partial charge in [-0.15, -0.1) is 0 Å². The van der Waals surface area contributed by atoms with Crippen LogP contribution in [-0.2, 0) is 9.84 Å². The van der Waals surface area contributed by atoms with E-state index in [0.717, 1.165) is 4.47 Å². The molecule has 0 aliphatic heterocycles. The van der Waals surface area contributed by atoms with Crippen LogP contribution < -0.4 is 5.32 Å². The van der Waals surface area contributed by atoms with Gasteiger partial charge in [0.05, 0.1) is 4.90 Å². The van der Waals surface area contributed by atoms with Crippen molar-refractivity contribution in [1.82, 2.24) is 4.98 Å². The SMILES string of the molecule is O=S(=O)(c1ccc(Cl)cc1)c1nc(-c2ccc(Br)cc2)oc1Nc1ccccc1. The van der Waals surface area contributed by atoms with E-state index in [0.29, 0.717) is 16.3 Å². The third-order valence-corrected chi connectivity index (χ3v) is 6.56. The summed E-state index contributed by atoms with van der Waals surface area (Å²) >= 11 is 9.28. The molecule has 146 valence electrons. The van der Waals surface area contributed by atoms with Crippen LogP contribution in [0.4, 0.5) is 11.6 Å². The van der Waals surface area contributed by atoms with Crippen molar-refractivity contribution in [3.8, 4) is 11.5 Å². The van der Waals surface area contributed by atoms with Crippen LogP contribution in [0.5, 0.6) is 0 Å². The molecule has 0 bridgehead atoms. The predicted octanol–water partition coefficient (Wildman–Crippen LogP) is 6.33. The average molecular weight is 490 g/mol. The summed E-state index contributed by atoms with van der Waals surface area (Å²) in [5.74, 6) is 0.243. The van der Waals surface area contributed by atoms with Gasteiger partial charge in [0.1, 0.15) is 0 Å². The molecule has 0 saturated heterocycles. The molecule has 0 radical (unpaired) electrons. The number of anilines is 2. The first kappa shape index (κ1) is 19.7. The molecule has 0 amide bonds. The minimum Gasteiger partial charge on any atom is -0.419 e. The van der Waals surface area contributed by atoms with Gasteiger partial charge in [-0.2, -0.15) is 4.98 Å². The molecule has 4 aromatic rings. The summed E-state index contributed by atoms with van der Waals surface area (Å²) in [7, 11) is -3.94. The van der Waals surface area contributed by atoms with Gasteiger partial charge >= 0.3 is 0 Å². The van der Waals surface area contributed by atoms with Crippen molar-refractivity contribution in [3.05, 3.63) is 88.4 Å². The summed E-state index contributed by atoms with van der Waals surface area (Å²) < 4.78 is 33.2. The molecule has 0 spiro atoms. The van der Waals surface area contributed by atoms with Gasteiger partial charge in [-0.1, -0.05) is 45.7 Å². The molecule has 0 saturated carbocycles. The number of aromatic nitrogens is 1. The lowest BCUT2D eigenvalue weighted by Crippen LogP contribution is -2.05. The van der Waals surface area contributed by atoms with Crippen LogP contribution in [-0.4, -0.2) is 13.4 Å². The maximum atomic E-state index is 13.2. The lowest BCUT2D eigenvalue weighted by atomic mass is 10.2. The van der Waals surface area contributed by atoms with Crippen LogP contribution in [0.3, 0.4) is 0 Å². The monoisotopic (exact) mass is 488 g/mol. The van der Waals surface area contributed by atoms with Crippen molar-refractivity contribution < 1.29 is 12.8 Å². The van der Waals surface area contributed by atoms with Crippen molar-refractivity contribution in [3.63, 3.8) is 0 Å². The van der Waals surface area contributed by atoms with Crippen LogP contribution in [0.25, 0.3) is 11.5 Å².